The highest BCUT2D eigenvalue weighted by atomic mass is 16.5. The lowest BCUT2D eigenvalue weighted by Crippen LogP contribution is -2.58. The lowest BCUT2D eigenvalue weighted by atomic mass is 9.97. The molecule has 1 unspecified atom stereocenters. The van der Waals surface area contributed by atoms with Crippen LogP contribution in [0, 0.1) is 0 Å². The average molecular weight is 261 g/mol. The number of ether oxygens (including phenoxy) is 1. The first kappa shape index (κ1) is 13.7. The van der Waals surface area contributed by atoms with Crippen molar-refractivity contribution in [1.29, 1.82) is 0 Å². The maximum Gasteiger partial charge on any atom is 0.255 e. The molecule has 1 aliphatic heterocycles. The summed E-state index contributed by atoms with van der Waals surface area (Å²) in [4.78, 5) is 25.0. The fourth-order valence-electron chi connectivity index (χ4n) is 2.27. The zero-order valence-electron chi connectivity index (χ0n) is 11.3. The summed E-state index contributed by atoms with van der Waals surface area (Å²) in [5, 5.41) is 0. The molecule has 2 rings (SSSR count). The number of aldehydes is 1. The average Bonchev–Trinajstić information content (AvgIpc) is 2.41. The van der Waals surface area contributed by atoms with Crippen molar-refractivity contribution in [1.82, 2.24) is 4.90 Å². The van der Waals surface area contributed by atoms with Crippen LogP contribution in [0.5, 0.6) is 0 Å². The molecule has 0 saturated carbocycles. The van der Waals surface area contributed by atoms with Gasteiger partial charge >= 0.3 is 0 Å². The molecule has 102 valence electrons. The third-order valence-corrected chi connectivity index (χ3v) is 3.56. The standard InChI is InChI=1S/C15H19NO3/c1-12-11-19-15(2,8-9-17)14(18)16(12)10-13-6-4-3-5-7-13/h3-7,9,12H,8,10-11H2,1-2H3/t12-,15?/m1/s1. The van der Waals surface area contributed by atoms with Gasteiger partial charge in [-0.1, -0.05) is 30.3 Å². The predicted molar refractivity (Wildman–Crippen MR) is 71.5 cm³/mol. The van der Waals surface area contributed by atoms with E-state index in [4.69, 9.17) is 4.74 Å². The van der Waals surface area contributed by atoms with E-state index in [-0.39, 0.29) is 18.4 Å². The largest absolute Gasteiger partial charge is 0.363 e. The van der Waals surface area contributed by atoms with E-state index in [0.29, 0.717) is 13.2 Å². The monoisotopic (exact) mass is 261 g/mol. The van der Waals surface area contributed by atoms with Crippen molar-refractivity contribution in [2.24, 2.45) is 0 Å². The summed E-state index contributed by atoms with van der Waals surface area (Å²) in [5.41, 5.74) is 0.0707. The van der Waals surface area contributed by atoms with Crippen LogP contribution in [-0.2, 0) is 20.9 Å². The smallest absolute Gasteiger partial charge is 0.255 e. The minimum Gasteiger partial charge on any atom is -0.363 e. The molecule has 1 saturated heterocycles. The molecule has 4 nitrogen and oxygen atoms in total. The molecule has 0 bridgehead atoms. The molecule has 0 aliphatic carbocycles. The van der Waals surface area contributed by atoms with E-state index in [1.807, 2.05) is 37.3 Å². The third-order valence-electron chi connectivity index (χ3n) is 3.56. The molecular formula is C15H19NO3. The van der Waals surface area contributed by atoms with Gasteiger partial charge in [-0.2, -0.15) is 0 Å². The Hall–Kier alpha value is -1.68. The van der Waals surface area contributed by atoms with E-state index >= 15 is 0 Å². The van der Waals surface area contributed by atoms with Crippen molar-refractivity contribution in [3.63, 3.8) is 0 Å². The van der Waals surface area contributed by atoms with E-state index in [1.165, 1.54) is 0 Å². The van der Waals surface area contributed by atoms with Gasteiger partial charge in [-0.05, 0) is 19.4 Å². The van der Waals surface area contributed by atoms with Crippen LogP contribution >= 0.6 is 0 Å². The van der Waals surface area contributed by atoms with Gasteiger partial charge < -0.3 is 14.4 Å². The van der Waals surface area contributed by atoms with Gasteiger partial charge in [0.2, 0.25) is 0 Å². The van der Waals surface area contributed by atoms with Crippen molar-refractivity contribution in [2.45, 2.75) is 38.5 Å². The first-order valence-corrected chi connectivity index (χ1v) is 6.49. The summed E-state index contributed by atoms with van der Waals surface area (Å²) in [5.74, 6) is -0.109. The summed E-state index contributed by atoms with van der Waals surface area (Å²) >= 11 is 0. The van der Waals surface area contributed by atoms with Crippen LogP contribution in [0.2, 0.25) is 0 Å². The van der Waals surface area contributed by atoms with Gasteiger partial charge in [0.1, 0.15) is 6.29 Å². The first-order chi connectivity index (χ1) is 9.07. The van der Waals surface area contributed by atoms with Gasteiger partial charge in [-0.3, -0.25) is 4.79 Å². The molecule has 0 spiro atoms. The third kappa shape index (κ3) is 2.84. The Morgan fingerprint density at radius 2 is 2.11 bits per heavy atom. The van der Waals surface area contributed by atoms with Crippen molar-refractivity contribution in [3.05, 3.63) is 35.9 Å². The Morgan fingerprint density at radius 1 is 1.42 bits per heavy atom. The van der Waals surface area contributed by atoms with Crippen molar-refractivity contribution >= 4 is 12.2 Å². The molecule has 1 heterocycles. The lowest BCUT2D eigenvalue weighted by molar-refractivity contribution is -0.178. The number of nitrogens with zero attached hydrogens (tertiary/aromatic N) is 1. The number of hydrogen-bond acceptors (Lipinski definition) is 3. The van der Waals surface area contributed by atoms with Crippen LogP contribution in [0.25, 0.3) is 0 Å². The van der Waals surface area contributed by atoms with E-state index in [1.54, 1.807) is 11.8 Å². The molecule has 1 amide bonds. The van der Waals surface area contributed by atoms with Crippen LogP contribution < -0.4 is 0 Å². The fourth-order valence-corrected chi connectivity index (χ4v) is 2.27. The first-order valence-electron chi connectivity index (χ1n) is 6.49. The molecule has 0 radical (unpaired) electrons. The molecule has 0 N–H and O–H groups in total. The Bertz CT molecular complexity index is 460. The van der Waals surface area contributed by atoms with Gasteiger partial charge in [0.25, 0.3) is 5.91 Å². The number of benzene rings is 1. The minimum atomic E-state index is -1.01. The van der Waals surface area contributed by atoms with Crippen molar-refractivity contribution in [2.75, 3.05) is 6.61 Å². The summed E-state index contributed by atoms with van der Waals surface area (Å²) in [6, 6.07) is 9.86. The molecule has 1 aromatic carbocycles. The minimum absolute atomic E-state index is 0.0208. The zero-order valence-corrected chi connectivity index (χ0v) is 11.3. The highest BCUT2D eigenvalue weighted by Crippen LogP contribution is 2.26. The number of morpholine rings is 1. The lowest BCUT2D eigenvalue weighted by Gasteiger charge is -2.42. The molecule has 1 fully saturated rings. The van der Waals surface area contributed by atoms with Crippen molar-refractivity contribution < 1.29 is 14.3 Å². The Balaban J connectivity index is 2.17. The highest BCUT2D eigenvalue weighted by Gasteiger charge is 2.43. The molecule has 19 heavy (non-hydrogen) atoms. The van der Waals surface area contributed by atoms with Gasteiger partial charge in [0, 0.05) is 13.0 Å². The molecule has 2 atom stereocenters. The SMILES string of the molecule is C[C@@H]1COC(C)(CC=O)C(=O)N1Cc1ccccc1. The Kier molecular flexibility index (Phi) is 4.00. The van der Waals surface area contributed by atoms with Gasteiger partial charge in [-0.25, -0.2) is 0 Å². The number of carbonyl (C=O) groups excluding carboxylic acids is 2. The van der Waals surface area contributed by atoms with Crippen LogP contribution in [0.3, 0.4) is 0 Å². The van der Waals surface area contributed by atoms with E-state index in [0.717, 1.165) is 11.8 Å². The van der Waals surface area contributed by atoms with E-state index in [2.05, 4.69) is 0 Å². The number of rotatable bonds is 4. The second kappa shape index (κ2) is 5.53. The second-order valence-electron chi connectivity index (χ2n) is 5.18. The number of carbonyl (C=O) groups is 2. The number of amides is 1. The van der Waals surface area contributed by atoms with Crippen LogP contribution in [-0.4, -0.2) is 35.3 Å². The van der Waals surface area contributed by atoms with Gasteiger partial charge in [0.05, 0.1) is 12.6 Å². The van der Waals surface area contributed by atoms with Crippen LogP contribution in [0.1, 0.15) is 25.8 Å². The predicted octanol–water partition coefficient (Wildman–Crippen LogP) is 1.78. The van der Waals surface area contributed by atoms with E-state index in [9.17, 15) is 9.59 Å². The number of hydrogen-bond donors (Lipinski definition) is 0. The van der Waals surface area contributed by atoms with Gasteiger partial charge in [-0.15, -0.1) is 0 Å². The molecule has 4 heteroatoms. The topological polar surface area (TPSA) is 46.6 Å². The quantitative estimate of drug-likeness (QED) is 0.776. The van der Waals surface area contributed by atoms with E-state index < -0.39 is 5.60 Å². The van der Waals surface area contributed by atoms with Crippen LogP contribution in [0.15, 0.2) is 30.3 Å². The normalized spacial score (nSPS) is 27.4. The summed E-state index contributed by atoms with van der Waals surface area (Å²) in [6.07, 6.45) is 0.846. The molecule has 1 aromatic rings. The summed E-state index contributed by atoms with van der Waals surface area (Å²) in [6.45, 7) is 4.66. The Labute approximate surface area is 113 Å². The highest BCUT2D eigenvalue weighted by molar-refractivity contribution is 5.88. The fraction of sp³-hybridized carbons (Fsp3) is 0.467. The molecular weight excluding hydrogens is 242 g/mol. The van der Waals surface area contributed by atoms with Crippen molar-refractivity contribution in [3.8, 4) is 0 Å². The Morgan fingerprint density at radius 3 is 2.74 bits per heavy atom. The molecule has 1 aliphatic rings. The molecule has 0 aromatic heterocycles. The van der Waals surface area contributed by atoms with Crippen LogP contribution in [0.4, 0.5) is 0 Å². The summed E-state index contributed by atoms with van der Waals surface area (Å²) in [7, 11) is 0. The maximum absolute atomic E-state index is 12.5. The van der Waals surface area contributed by atoms with Gasteiger partial charge in [0.15, 0.2) is 5.60 Å². The summed E-state index contributed by atoms with van der Waals surface area (Å²) < 4.78 is 5.58. The zero-order chi connectivity index (χ0) is 13.9. The second-order valence-corrected chi connectivity index (χ2v) is 5.18. The maximum atomic E-state index is 12.5.